The molecular weight excluding hydrogens is 1900 g/mol. The summed E-state index contributed by atoms with van der Waals surface area (Å²) in [6.07, 6.45) is 0. The zero-order chi connectivity index (χ0) is 101. The number of aromatic hydroxyl groups is 4. The molecule has 16 aromatic rings. The fraction of sp³-hybridized carbons (Fsp3) is 0.282. The number of fused-ring (bicyclic) bond motifs is 16. The summed E-state index contributed by atoms with van der Waals surface area (Å²) in [5, 5.41) is 66.8. The number of carboxylic acid groups (broad SMARTS) is 1. The molecule has 12 aromatic carbocycles. The molecule has 33 heteroatoms. The van der Waals surface area contributed by atoms with Crippen LogP contribution in [0.25, 0.3) is 86.7 Å². The monoisotopic (exact) mass is 2010 g/mol. The molecular formula is C110H111Cl4N13O16. The van der Waals surface area contributed by atoms with E-state index in [1.54, 1.807) is 78.9 Å². The van der Waals surface area contributed by atoms with E-state index in [0.29, 0.717) is 122 Å². The molecule has 0 spiro atoms. The van der Waals surface area contributed by atoms with E-state index in [0.717, 1.165) is 121 Å². The third-order valence-corrected chi connectivity index (χ3v) is 27.9. The van der Waals surface area contributed by atoms with Gasteiger partial charge >= 0.3 is 11.9 Å². The van der Waals surface area contributed by atoms with Crippen LogP contribution >= 0.6 is 46.4 Å². The lowest BCUT2D eigenvalue weighted by Crippen LogP contribution is -2.31. The maximum Gasteiger partial charge on any atom is 0.319 e. The number of aromatic nitrogens is 4. The van der Waals surface area contributed by atoms with E-state index in [-0.39, 0.29) is 123 Å². The van der Waals surface area contributed by atoms with Gasteiger partial charge in [-0.15, -0.1) is 46.4 Å². The first-order chi connectivity index (χ1) is 68.7. The topological polar surface area (TPSA) is 367 Å². The Kier molecular flexibility index (Phi) is 30.1. The highest BCUT2D eigenvalue weighted by Gasteiger charge is 2.43. The van der Waals surface area contributed by atoms with Crippen molar-refractivity contribution < 1.29 is 78.0 Å². The molecule has 4 aliphatic rings. The maximum atomic E-state index is 13.7. The van der Waals surface area contributed by atoms with E-state index in [1.165, 1.54) is 7.11 Å². The molecule has 5 amide bonds. The highest BCUT2D eigenvalue weighted by atomic mass is 35.5. The Bertz CT molecular complexity index is 7580. The van der Waals surface area contributed by atoms with Crippen LogP contribution in [0.4, 0.5) is 28.4 Å². The van der Waals surface area contributed by atoms with E-state index in [9.17, 15) is 54.0 Å². The van der Waals surface area contributed by atoms with Gasteiger partial charge in [0.2, 0.25) is 5.91 Å². The van der Waals surface area contributed by atoms with Crippen LogP contribution in [0.15, 0.2) is 218 Å². The van der Waals surface area contributed by atoms with Crippen LogP contribution in [-0.2, 0) is 19.1 Å². The number of hydrogen-bond donors (Lipinski definition) is 11. The number of hydrogen-bond acceptors (Lipinski definition) is 19. The maximum absolute atomic E-state index is 13.7. The molecule has 0 fully saturated rings. The van der Waals surface area contributed by atoms with Crippen molar-refractivity contribution in [2.45, 2.75) is 72.9 Å². The summed E-state index contributed by atoms with van der Waals surface area (Å²) < 4.78 is 22.1. The summed E-state index contributed by atoms with van der Waals surface area (Å²) in [6, 6.07) is 66.9. The van der Waals surface area contributed by atoms with Gasteiger partial charge in [-0.25, -0.2) is 0 Å². The standard InChI is InChI=1S/C29H30ClN3O5.C28H28ClN3O5.C27H27ClN4O3.C26H26ClN3O3/c1-17(30)22-15-33(25-14-26(34)20-6-4-5-7-21(20)28(22)25)29(36)24-13-18-12-19(8-9-23(18)31-24)38-11-10-32(2)16-27(35)37-3;1-16(29)21-14-32(24-13-25(33)19-5-3-4-6-20(19)27(21)24)28(36)23-12-17-11-18(7-8-22(17)30-23)37-10-9-31(2)15-26(34)35;1-15(28)20-13-32(23-12-24(33)18-6-4-5-7-19(18)26(20)23)27(35)22-11-16-10-17(8-9-21(16)30-22)29-25(34)14-31(2)3;1-15(27)20-14-30(23-13-24(31)18-5-3-4-6-19(18)25(20)23)26(32)22-12-16-11-17(33-10-9-28-2)7-8-21(16)29-22/h4-9,12-14,17,22,31,34H,10-11,15-16H2,1-3H3;3-8,11-13,16,21,30,33H,9-10,14-15H2,1-2H3,(H,34,35);4-12,15,20,30,33H,13-14H2,1-3H3,(H,29,34);3-8,11-13,15,20,28-29,31H,9-10,14H2,1-2H3/t17-,22+;16-,21+;2*15-,20+/m1111/s1. The Balaban J connectivity index is 0.000000131. The largest absolute Gasteiger partial charge is 0.507 e. The number of likely N-dealkylation sites (N-methyl/N-ethyl adjacent to an activating group) is 4. The highest BCUT2D eigenvalue weighted by molar-refractivity contribution is 6.24. The summed E-state index contributed by atoms with van der Waals surface area (Å²) in [5.41, 5.74) is 12.4. The normalized spacial score (nSPS) is 16.0. The molecule has 8 atom stereocenters. The number of carbonyl (C=O) groups is 7. The average Bonchev–Trinajstić information content (AvgIpc) is 1.60. The lowest BCUT2D eigenvalue weighted by atomic mass is 9.92. The lowest BCUT2D eigenvalue weighted by Gasteiger charge is -2.18. The Morgan fingerprint density at radius 3 is 0.958 bits per heavy atom. The van der Waals surface area contributed by atoms with Crippen LogP contribution in [-0.4, -0.2) is 251 Å². The summed E-state index contributed by atoms with van der Waals surface area (Å²) in [7, 11) is 10.5. The zero-order valence-electron chi connectivity index (χ0n) is 80.5. The number of anilines is 5. The number of carboxylic acids is 1. The molecule has 0 saturated heterocycles. The predicted octanol–water partition coefficient (Wildman–Crippen LogP) is 19.6. The van der Waals surface area contributed by atoms with E-state index in [2.05, 4.69) is 35.3 Å². The van der Waals surface area contributed by atoms with Gasteiger partial charge in [0.05, 0.1) is 49.5 Å². The van der Waals surface area contributed by atoms with E-state index in [4.69, 9.17) is 65.7 Å². The van der Waals surface area contributed by atoms with Gasteiger partial charge in [-0.3, -0.25) is 43.4 Å². The number of aromatic amines is 4. The fourth-order valence-corrected chi connectivity index (χ4v) is 20.5. The lowest BCUT2D eigenvalue weighted by molar-refractivity contribution is -0.141. The third-order valence-electron chi connectivity index (χ3n) is 26.7. The third kappa shape index (κ3) is 21.2. The smallest absolute Gasteiger partial charge is 0.319 e. The highest BCUT2D eigenvalue weighted by Crippen LogP contribution is 2.53. The first-order valence-electron chi connectivity index (χ1n) is 47.2. The van der Waals surface area contributed by atoms with Gasteiger partial charge in [0, 0.05) is 186 Å². The van der Waals surface area contributed by atoms with Gasteiger partial charge in [-0.2, -0.15) is 0 Å². The number of methoxy groups -OCH3 is 1. The van der Waals surface area contributed by atoms with E-state index in [1.807, 2.05) is 237 Å². The van der Waals surface area contributed by atoms with Gasteiger partial charge in [0.1, 0.15) is 82.8 Å². The van der Waals surface area contributed by atoms with E-state index < -0.39 is 5.97 Å². The van der Waals surface area contributed by atoms with Crippen molar-refractivity contribution in [2.75, 3.05) is 153 Å². The van der Waals surface area contributed by atoms with Crippen LogP contribution in [0.1, 0.15) is 116 Å². The first kappa shape index (κ1) is 100. The predicted molar refractivity (Wildman–Crippen MR) is 567 cm³/mol. The zero-order valence-corrected chi connectivity index (χ0v) is 83.5. The van der Waals surface area contributed by atoms with Gasteiger partial charge in [-0.05, 0) is 204 Å². The Morgan fingerprint density at radius 1 is 0.385 bits per heavy atom. The van der Waals surface area contributed by atoms with Gasteiger partial charge in [0.15, 0.2) is 0 Å². The fourth-order valence-electron chi connectivity index (χ4n) is 19.6. The number of halogens is 4. The SMILES string of the molecule is CNCCOc1ccc2[nH]c(C(=O)N3C[C@@H]([C@@H](C)Cl)c4c3cc(O)c3ccccc43)cc2c1.COC(=O)CN(C)CCOc1ccc2[nH]c(C(=O)N3C[C@@H]([C@@H](C)Cl)c4c3cc(O)c3ccccc43)cc2c1.C[C@@H](Cl)[C@@H]1CN(C(=O)c2cc3cc(NC(=O)CN(C)C)ccc3[nH]2)c2cc(O)c3ccccc3c21.C[C@@H](Cl)[C@@H]1CN(C(=O)c2cc3cc(OCCN(C)CC(=O)O)ccc3[nH]2)c2cc(O)c3ccccc3c21. The summed E-state index contributed by atoms with van der Waals surface area (Å²) >= 11 is 26.3. The first-order valence-corrected chi connectivity index (χ1v) is 48.9. The molecule has 4 aromatic heterocycles. The van der Waals surface area contributed by atoms with Crippen LogP contribution in [0.2, 0.25) is 0 Å². The molecule has 4 aliphatic heterocycles. The Morgan fingerprint density at radius 2 is 0.671 bits per heavy atom. The summed E-state index contributed by atoms with van der Waals surface area (Å²) in [4.78, 5) is 114. The minimum atomic E-state index is -0.885. The number of phenolic OH excluding ortho intramolecular Hbond substituents is 4. The number of benzene rings is 12. The molecule has 0 aliphatic carbocycles. The Labute approximate surface area is 844 Å². The number of nitrogens with one attached hydrogen (secondary N) is 6. The minimum Gasteiger partial charge on any atom is -0.507 e. The van der Waals surface area contributed by atoms with Crippen molar-refractivity contribution in [3.8, 4) is 40.2 Å². The van der Waals surface area contributed by atoms with Crippen LogP contribution < -0.4 is 44.4 Å². The number of nitrogens with zero attached hydrogens (tertiary/aromatic N) is 7. The molecule has 20 rings (SSSR count). The summed E-state index contributed by atoms with van der Waals surface area (Å²) in [5.74, 6) is 0.334. The van der Waals surface area contributed by atoms with Crippen molar-refractivity contribution in [3.05, 3.63) is 263 Å². The molecule has 11 N–H and O–H groups in total. The number of H-pyrrole nitrogens is 4. The van der Waals surface area contributed by atoms with Crippen molar-refractivity contribution in [1.29, 1.82) is 0 Å². The number of ether oxygens (including phenoxy) is 4. The second-order valence-corrected chi connectivity index (χ2v) is 39.7. The molecule has 0 radical (unpaired) electrons. The number of esters is 1. The number of phenols is 4. The molecule has 0 saturated carbocycles. The van der Waals surface area contributed by atoms with Crippen molar-refractivity contribution in [3.63, 3.8) is 0 Å². The quantitative estimate of drug-likeness (QED) is 0.0129. The van der Waals surface area contributed by atoms with Crippen molar-refractivity contribution in [1.82, 2.24) is 40.0 Å². The van der Waals surface area contributed by atoms with Crippen LogP contribution in [0, 0.1) is 0 Å². The number of amides is 5. The molecule has 0 unspecified atom stereocenters. The number of carbonyl (C=O) groups excluding carboxylic acids is 6. The molecule has 0 bridgehead atoms. The number of alkyl halides is 4. The van der Waals surface area contributed by atoms with Gasteiger partial charge in [0.25, 0.3) is 23.6 Å². The molecule has 29 nitrogen and oxygen atoms in total. The molecule has 740 valence electrons. The van der Waals surface area contributed by atoms with Gasteiger partial charge in [-0.1, -0.05) is 97.1 Å². The second kappa shape index (κ2) is 42.9. The van der Waals surface area contributed by atoms with Crippen LogP contribution in [0.3, 0.4) is 0 Å². The van der Waals surface area contributed by atoms with E-state index >= 15 is 0 Å². The second-order valence-electron chi connectivity index (χ2n) is 37.0. The number of aliphatic carboxylic acids is 1. The summed E-state index contributed by atoms with van der Waals surface area (Å²) in [6.45, 7) is 13.0. The minimum absolute atomic E-state index is 0.0346. The van der Waals surface area contributed by atoms with Crippen molar-refractivity contribution >= 4 is 203 Å². The average molecular weight is 2010 g/mol. The van der Waals surface area contributed by atoms with Gasteiger partial charge < -0.3 is 99.5 Å². The Hall–Kier alpha value is -14.3. The van der Waals surface area contributed by atoms with Crippen molar-refractivity contribution in [2.24, 2.45) is 0 Å². The number of rotatable bonds is 27. The molecule has 143 heavy (non-hydrogen) atoms. The van der Waals surface area contributed by atoms with Crippen LogP contribution in [0.5, 0.6) is 40.2 Å². The molecule has 8 heterocycles.